The maximum Gasteiger partial charge on any atom is 0.257 e. The van der Waals surface area contributed by atoms with E-state index < -0.39 is 0 Å². The molecule has 0 N–H and O–H groups in total. The van der Waals surface area contributed by atoms with Crippen molar-refractivity contribution in [2.45, 2.75) is 25.8 Å². The predicted molar refractivity (Wildman–Crippen MR) is 76.2 cm³/mol. The van der Waals surface area contributed by atoms with E-state index >= 15 is 0 Å². The van der Waals surface area contributed by atoms with Gasteiger partial charge in [-0.3, -0.25) is 4.79 Å². The van der Waals surface area contributed by atoms with Gasteiger partial charge in [-0.05, 0) is 25.8 Å². The molecule has 2 aromatic rings. The molecule has 2 aromatic heterocycles. The average Bonchev–Trinajstić information content (AvgIpc) is 3.16. The second-order valence-corrected chi connectivity index (χ2v) is 5.30. The van der Waals surface area contributed by atoms with Gasteiger partial charge >= 0.3 is 0 Å². The molecule has 3 heterocycles. The third kappa shape index (κ3) is 2.20. The van der Waals surface area contributed by atoms with Crippen LogP contribution in [0.25, 0.3) is 0 Å². The Kier molecular flexibility index (Phi) is 3.45. The number of nitrogens with zero attached hydrogens (tertiary/aromatic N) is 3. The number of aryl methyl sites for hydroxylation is 2. The summed E-state index contributed by atoms with van der Waals surface area (Å²) in [6.07, 6.45) is 4.91. The molecule has 1 atom stereocenters. The van der Waals surface area contributed by atoms with Gasteiger partial charge in [0.15, 0.2) is 0 Å². The molecule has 0 aromatic carbocycles. The first-order valence-corrected chi connectivity index (χ1v) is 7.04. The minimum Gasteiger partial charge on any atom is -0.481 e. The van der Waals surface area contributed by atoms with E-state index in [4.69, 9.17) is 9.15 Å². The molecule has 21 heavy (non-hydrogen) atoms. The molecule has 0 bridgehead atoms. The van der Waals surface area contributed by atoms with E-state index in [9.17, 15) is 4.79 Å². The van der Waals surface area contributed by atoms with Crippen LogP contribution in [0.5, 0.6) is 5.88 Å². The highest BCUT2D eigenvalue weighted by Gasteiger charge is 2.35. The van der Waals surface area contributed by atoms with Gasteiger partial charge in [-0.1, -0.05) is 0 Å². The minimum atomic E-state index is -0.00319. The highest BCUT2D eigenvalue weighted by molar-refractivity contribution is 5.94. The number of carbonyl (C=O) groups excluding carboxylic acids is 1. The van der Waals surface area contributed by atoms with Gasteiger partial charge in [-0.2, -0.15) is 5.10 Å². The molecule has 112 valence electrons. The lowest BCUT2D eigenvalue weighted by Crippen LogP contribution is -2.30. The van der Waals surface area contributed by atoms with E-state index in [0.29, 0.717) is 5.56 Å². The van der Waals surface area contributed by atoms with Crippen LogP contribution in [0, 0.1) is 6.92 Å². The van der Waals surface area contributed by atoms with Crippen molar-refractivity contribution in [1.82, 2.24) is 14.7 Å². The SMILES string of the molecule is COc1c([C@@H]2CCCN2C(=O)c2ccoc2)c(C)nn1C. The number of ether oxygens (including phenoxy) is 1. The first-order chi connectivity index (χ1) is 10.1. The Balaban J connectivity index is 1.96. The predicted octanol–water partition coefficient (Wildman–Crippen LogP) is 2.31. The molecular weight excluding hydrogens is 270 g/mol. The zero-order valence-electron chi connectivity index (χ0n) is 12.5. The second kappa shape index (κ2) is 5.27. The van der Waals surface area contributed by atoms with Gasteiger partial charge in [0.25, 0.3) is 5.91 Å². The Morgan fingerprint density at radius 1 is 1.52 bits per heavy atom. The van der Waals surface area contributed by atoms with Gasteiger partial charge in [0.1, 0.15) is 6.26 Å². The normalized spacial score (nSPS) is 18.2. The Hall–Kier alpha value is -2.24. The standard InChI is InChI=1S/C15H19N3O3/c1-10-13(15(20-3)17(2)16-10)12-5-4-7-18(12)14(19)11-6-8-21-9-11/h6,8-9,12H,4-5,7H2,1-3H3/t12-/m0/s1. The fourth-order valence-electron chi connectivity index (χ4n) is 3.14. The molecule has 1 fully saturated rings. The van der Waals surface area contributed by atoms with E-state index in [1.54, 1.807) is 17.9 Å². The third-order valence-electron chi connectivity index (χ3n) is 4.02. The first-order valence-electron chi connectivity index (χ1n) is 7.04. The van der Waals surface area contributed by atoms with Crippen molar-refractivity contribution in [3.8, 4) is 5.88 Å². The monoisotopic (exact) mass is 289 g/mol. The zero-order chi connectivity index (χ0) is 15.0. The summed E-state index contributed by atoms with van der Waals surface area (Å²) < 4.78 is 12.2. The number of furan rings is 1. The number of amides is 1. The lowest BCUT2D eigenvalue weighted by molar-refractivity contribution is 0.0733. The summed E-state index contributed by atoms with van der Waals surface area (Å²) in [5.41, 5.74) is 2.50. The molecular formula is C15H19N3O3. The van der Waals surface area contributed by atoms with Gasteiger partial charge in [0.05, 0.1) is 36.2 Å². The Bertz CT molecular complexity index is 645. The van der Waals surface area contributed by atoms with Crippen LogP contribution in [0.1, 0.15) is 40.5 Å². The van der Waals surface area contributed by atoms with Crippen LogP contribution in [0.4, 0.5) is 0 Å². The van der Waals surface area contributed by atoms with Crippen LogP contribution in [-0.4, -0.2) is 34.2 Å². The molecule has 3 rings (SSSR count). The highest BCUT2D eigenvalue weighted by atomic mass is 16.5. The van der Waals surface area contributed by atoms with E-state index in [1.807, 2.05) is 18.9 Å². The maximum absolute atomic E-state index is 12.6. The molecule has 6 nitrogen and oxygen atoms in total. The lowest BCUT2D eigenvalue weighted by atomic mass is 10.0. The summed E-state index contributed by atoms with van der Waals surface area (Å²) in [7, 11) is 3.49. The van der Waals surface area contributed by atoms with E-state index in [1.165, 1.54) is 12.5 Å². The van der Waals surface area contributed by atoms with Crippen LogP contribution in [0.2, 0.25) is 0 Å². The Labute approximate surface area is 123 Å². The van der Waals surface area contributed by atoms with Crippen LogP contribution >= 0.6 is 0 Å². The average molecular weight is 289 g/mol. The zero-order valence-corrected chi connectivity index (χ0v) is 12.5. The smallest absolute Gasteiger partial charge is 0.257 e. The lowest BCUT2D eigenvalue weighted by Gasteiger charge is -2.24. The minimum absolute atomic E-state index is 0.00319. The summed E-state index contributed by atoms with van der Waals surface area (Å²) in [6, 6.07) is 1.71. The summed E-state index contributed by atoms with van der Waals surface area (Å²) in [6.45, 7) is 2.70. The molecule has 0 unspecified atom stereocenters. The van der Waals surface area contributed by atoms with Crippen molar-refractivity contribution in [2.75, 3.05) is 13.7 Å². The van der Waals surface area contributed by atoms with Crippen molar-refractivity contribution in [2.24, 2.45) is 7.05 Å². The largest absolute Gasteiger partial charge is 0.481 e. The maximum atomic E-state index is 12.6. The van der Waals surface area contributed by atoms with Gasteiger partial charge in [0, 0.05) is 13.6 Å². The number of carbonyl (C=O) groups is 1. The van der Waals surface area contributed by atoms with E-state index in [2.05, 4.69) is 5.10 Å². The topological polar surface area (TPSA) is 60.5 Å². The van der Waals surface area contributed by atoms with Crippen molar-refractivity contribution in [1.29, 1.82) is 0 Å². The molecule has 1 amide bonds. The Morgan fingerprint density at radius 3 is 3.00 bits per heavy atom. The third-order valence-corrected chi connectivity index (χ3v) is 4.02. The summed E-state index contributed by atoms with van der Waals surface area (Å²) in [4.78, 5) is 14.5. The molecule has 1 aliphatic heterocycles. The second-order valence-electron chi connectivity index (χ2n) is 5.30. The van der Waals surface area contributed by atoms with Crippen molar-refractivity contribution < 1.29 is 13.9 Å². The molecule has 0 aliphatic carbocycles. The number of likely N-dealkylation sites (tertiary alicyclic amines) is 1. The van der Waals surface area contributed by atoms with Crippen LogP contribution in [0.15, 0.2) is 23.0 Å². The van der Waals surface area contributed by atoms with Crippen LogP contribution in [-0.2, 0) is 7.05 Å². The van der Waals surface area contributed by atoms with E-state index in [-0.39, 0.29) is 11.9 Å². The fraction of sp³-hybridized carbons (Fsp3) is 0.467. The van der Waals surface area contributed by atoms with E-state index in [0.717, 1.165) is 36.5 Å². The fourth-order valence-corrected chi connectivity index (χ4v) is 3.14. The summed E-state index contributed by atoms with van der Waals surface area (Å²) in [5, 5.41) is 4.42. The number of hydrogen-bond donors (Lipinski definition) is 0. The van der Waals surface area contributed by atoms with Crippen LogP contribution < -0.4 is 4.74 Å². The number of methoxy groups -OCH3 is 1. The highest BCUT2D eigenvalue weighted by Crippen LogP contribution is 2.39. The summed E-state index contributed by atoms with van der Waals surface area (Å²) >= 11 is 0. The molecule has 0 saturated carbocycles. The van der Waals surface area contributed by atoms with Crippen molar-refractivity contribution in [3.05, 3.63) is 35.4 Å². The van der Waals surface area contributed by atoms with Gasteiger partial charge in [0.2, 0.25) is 5.88 Å². The molecule has 0 radical (unpaired) electrons. The number of rotatable bonds is 3. The summed E-state index contributed by atoms with van der Waals surface area (Å²) in [5.74, 6) is 0.723. The molecule has 1 saturated heterocycles. The van der Waals surface area contributed by atoms with Gasteiger partial charge in [-0.15, -0.1) is 0 Å². The van der Waals surface area contributed by atoms with Crippen LogP contribution in [0.3, 0.4) is 0 Å². The van der Waals surface area contributed by atoms with Crippen molar-refractivity contribution in [3.63, 3.8) is 0 Å². The van der Waals surface area contributed by atoms with Gasteiger partial charge in [-0.25, -0.2) is 4.68 Å². The molecule has 1 aliphatic rings. The Morgan fingerprint density at radius 2 is 2.33 bits per heavy atom. The molecule has 6 heteroatoms. The van der Waals surface area contributed by atoms with Crippen molar-refractivity contribution >= 4 is 5.91 Å². The van der Waals surface area contributed by atoms with Gasteiger partial charge < -0.3 is 14.1 Å². The number of aromatic nitrogens is 2. The molecule has 0 spiro atoms. The quantitative estimate of drug-likeness (QED) is 0.870. The first kappa shape index (κ1) is 13.7. The number of hydrogen-bond acceptors (Lipinski definition) is 4.